The third-order valence-corrected chi connectivity index (χ3v) is 9.69. The van der Waals surface area contributed by atoms with E-state index in [0.29, 0.717) is 3.81 Å². The van der Waals surface area contributed by atoms with Gasteiger partial charge in [0.1, 0.15) is 9.73 Å². The highest BCUT2D eigenvalue weighted by Gasteiger charge is 2.39. The van der Waals surface area contributed by atoms with Gasteiger partial charge in [0.05, 0.1) is 8.71 Å². The second-order valence-corrected chi connectivity index (χ2v) is 13.7. The largest absolute Gasteiger partial charge is 0.290 e. The third kappa shape index (κ3) is 4.15. The molecule has 1 heterocycles. The molecule has 1 atom stereocenters. The molecule has 0 fully saturated rings. The Bertz CT molecular complexity index is 1010. The van der Waals surface area contributed by atoms with Crippen molar-refractivity contribution in [1.29, 1.82) is 0 Å². The summed E-state index contributed by atoms with van der Waals surface area (Å²) in [5.74, 6) is 0. The molecule has 0 radical (unpaired) electrons. The number of halogens is 1. The van der Waals surface area contributed by atoms with E-state index in [1.807, 2.05) is 48.5 Å². The summed E-state index contributed by atoms with van der Waals surface area (Å²) in [6.45, 7) is 14.0. The summed E-state index contributed by atoms with van der Waals surface area (Å²) in [6, 6.07) is 6.38. The Morgan fingerprint density at radius 3 is 1.85 bits per heavy atom. The Kier molecular flexibility index (Phi) is 5.43. The van der Waals surface area contributed by atoms with Crippen molar-refractivity contribution in [3.8, 4) is 0 Å². The van der Waals surface area contributed by atoms with Gasteiger partial charge in [0.2, 0.25) is 0 Å². The first-order chi connectivity index (χ1) is 11.6. The van der Waals surface area contributed by atoms with Gasteiger partial charge in [-0.05, 0) is 57.0 Å². The molecular formula is C19H26BrNO3S2. The van der Waals surface area contributed by atoms with Crippen LogP contribution >= 0.6 is 15.9 Å². The van der Waals surface area contributed by atoms with E-state index >= 15 is 0 Å². The van der Waals surface area contributed by atoms with Crippen LogP contribution in [0.4, 0.5) is 0 Å². The molecule has 4 nitrogen and oxygen atoms in total. The number of hydrogen-bond acceptors (Lipinski definition) is 3. The molecule has 144 valence electrons. The number of sulfonamides is 1. The molecule has 0 aliphatic carbocycles. The molecule has 0 saturated carbocycles. The topological polar surface area (TPSA) is 63.6 Å². The summed E-state index contributed by atoms with van der Waals surface area (Å²) in [4.78, 5) is 0.0426. The van der Waals surface area contributed by atoms with Gasteiger partial charge in [-0.15, -0.1) is 0 Å². The molecule has 7 heteroatoms. The van der Waals surface area contributed by atoms with Gasteiger partial charge in [-0.1, -0.05) is 63.0 Å². The molecule has 2 rings (SSSR count). The van der Waals surface area contributed by atoms with E-state index < -0.39 is 19.8 Å². The van der Waals surface area contributed by atoms with E-state index in [1.54, 1.807) is 12.1 Å². The molecule has 0 aromatic heterocycles. The Hall–Kier alpha value is -0.920. The van der Waals surface area contributed by atoms with Crippen LogP contribution in [-0.4, -0.2) is 12.6 Å². The lowest BCUT2D eigenvalue weighted by Gasteiger charge is -2.30. The quantitative estimate of drug-likeness (QED) is 0.565. The first kappa shape index (κ1) is 21.4. The molecule has 1 aromatic rings. The van der Waals surface area contributed by atoms with Gasteiger partial charge in [0, 0.05) is 5.41 Å². The van der Waals surface area contributed by atoms with Crippen LogP contribution in [0.2, 0.25) is 0 Å². The molecule has 0 amide bonds. The Labute approximate surface area is 166 Å². The maximum Gasteiger partial charge on any atom is 0.290 e. The lowest BCUT2D eigenvalue weighted by Crippen LogP contribution is -2.19. The van der Waals surface area contributed by atoms with Crippen LogP contribution in [-0.2, 0) is 19.8 Å². The van der Waals surface area contributed by atoms with E-state index in [2.05, 4.69) is 19.7 Å². The molecular weight excluding hydrogens is 434 g/mol. The third-order valence-electron chi connectivity index (χ3n) is 4.09. The highest BCUT2D eigenvalue weighted by atomic mass is 79.9. The van der Waals surface area contributed by atoms with Crippen molar-refractivity contribution in [2.75, 3.05) is 0 Å². The van der Waals surface area contributed by atoms with Crippen molar-refractivity contribution < 1.29 is 12.6 Å². The Morgan fingerprint density at radius 1 is 0.962 bits per heavy atom. The molecule has 0 bridgehead atoms. The predicted molar refractivity (Wildman–Crippen MR) is 112 cm³/mol. The van der Waals surface area contributed by atoms with Crippen molar-refractivity contribution in [2.24, 2.45) is 14.6 Å². The molecule has 1 unspecified atom stereocenters. The van der Waals surface area contributed by atoms with Crippen LogP contribution in [0.15, 0.2) is 53.3 Å². The van der Waals surface area contributed by atoms with Gasteiger partial charge in [0.15, 0.2) is 0 Å². The summed E-state index contributed by atoms with van der Waals surface area (Å²) in [6.07, 6.45) is 0. The Balaban J connectivity index is 2.77. The van der Waals surface area contributed by atoms with Crippen molar-refractivity contribution in [3.63, 3.8) is 0 Å². The normalized spacial score (nSPS) is 21.8. The van der Waals surface area contributed by atoms with E-state index in [0.717, 1.165) is 16.7 Å². The zero-order valence-corrected chi connectivity index (χ0v) is 19.5. The first-order valence-electron chi connectivity index (χ1n) is 8.31. The fourth-order valence-electron chi connectivity index (χ4n) is 2.73. The number of hydrogen-bond donors (Lipinski definition) is 0. The monoisotopic (exact) mass is 459 g/mol. The molecule has 0 spiro atoms. The van der Waals surface area contributed by atoms with Gasteiger partial charge in [-0.2, -0.15) is 8.42 Å². The number of aryl methyl sites for hydroxylation is 1. The maximum absolute atomic E-state index is 13.6. The molecule has 1 aliphatic heterocycles. The van der Waals surface area contributed by atoms with Crippen LogP contribution in [0, 0.1) is 17.8 Å². The lowest BCUT2D eigenvalue weighted by atomic mass is 9.74. The minimum absolute atomic E-state index is 0.0426. The van der Waals surface area contributed by atoms with Crippen LogP contribution < -0.4 is 0 Å². The minimum Gasteiger partial charge on any atom is -0.239 e. The van der Waals surface area contributed by atoms with Crippen molar-refractivity contribution in [2.45, 2.75) is 53.4 Å². The zero-order chi connectivity index (χ0) is 20.1. The van der Waals surface area contributed by atoms with Crippen molar-refractivity contribution in [3.05, 3.63) is 50.2 Å². The van der Waals surface area contributed by atoms with Gasteiger partial charge in [0.25, 0.3) is 10.0 Å². The summed E-state index contributed by atoms with van der Waals surface area (Å²) < 4.78 is 43.3. The fraction of sp³-hybridized carbons (Fsp3) is 0.474. The van der Waals surface area contributed by atoms with Gasteiger partial charge >= 0.3 is 0 Å². The first-order valence-corrected chi connectivity index (χ1v) is 12.1. The Morgan fingerprint density at radius 2 is 1.46 bits per heavy atom. The van der Waals surface area contributed by atoms with E-state index in [4.69, 9.17) is 0 Å². The number of nitrogens with zero attached hydrogens (tertiary/aromatic N) is 1. The average Bonchev–Trinajstić information content (AvgIpc) is 2.70. The summed E-state index contributed by atoms with van der Waals surface area (Å²) in [5, 5.41) is 1.53. The number of allylic oxidation sites excluding steroid dienone is 2. The molecule has 0 saturated heterocycles. The lowest BCUT2D eigenvalue weighted by molar-refractivity contribution is 0.448. The standard InChI is InChI=1S/C19H26BrNO3S2/c1-13-8-10-14(11-9-13)26(23,24)21-25(22)12-15(18(2,3)4)16(17(25)20)19(5,6)7/h8-12H,1-7H3. The second-order valence-electron chi connectivity index (χ2n) is 8.61. The molecule has 26 heavy (non-hydrogen) atoms. The van der Waals surface area contributed by atoms with Crippen LogP contribution in [0.3, 0.4) is 0 Å². The smallest absolute Gasteiger partial charge is 0.239 e. The molecule has 1 aromatic carbocycles. The summed E-state index contributed by atoms with van der Waals surface area (Å²) in [5.41, 5.74) is 2.08. The number of benzene rings is 1. The van der Waals surface area contributed by atoms with Crippen molar-refractivity contribution in [1.82, 2.24) is 0 Å². The second kappa shape index (κ2) is 6.60. The highest BCUT2D eigenvalue weighted by molar-refractivity contribution is 9.13. The van der Waals surface area contributed by atoms with Crippen molar-refractivity contribution >= 4 is 35.7 Å². The van der Waals surface area contributed by atoms with Gasteiger partial charge in [-0.3, -0.25) is 0 Å². The maximum atomic E-state index is 13.6. The average molecular weight is 460 g/mol. The van der Waals surface area contributed by atoms with Gasteiger partial charge < -0.3 is 0 Å². The summed E-state index contributed by atoms with van der Waals surface area (Å²) >= 11 is 3.43. The summed E-state index contributed by atoms with van der Waals surface area (Å²) in [7, 11) is -7.29. The minimum atomic E-state index is -4.05. The van der Waals surface area contributed by atoms with Crippen LogP contribution in [0.5, 0.6) is 0 Å². The van der Waals surface area contributed by atoms with Gasteiger partial charge in [-0.25, -0.2) is 4.21 Å². The van der Waals surface area contributed by atoms with E-state index in [-0.39, 0.29) is 15.7 Å². The predicted octanol–water partition coefficient (Wildman–Crippen LogP) is 5.75. The zero-order valence-electron chi connectivity index (χ0n) is 16.3. The van der Waals surface area contributed by atoms with E-state index in [1.165, 1.54) is 17.5 Å². The van der Waals surface area contributed by atoms with E-state index in [9.17, 15) is 12.6 Å². The SMILES string of the molecule is Cc1ccc(S(=O)(=O)N=S2(=O)C=C(C(C)(C)C)C(C(C)(C)C)=C2Br)cc1. The van der Waals surface area contributed by atoms with Crippen LogP contribution in [0.25, 0.3) is 0 Å². The molecule has 1 aliphatic rings. The molecule has 0 N–H and O–H groups in total. The fourth-order valence-corrected chi connectivity index (χ4v) is 8.37. The van der Waals surface area contributed by atoms with Crippen LogP contribution in [0.1, 0.15) is 47.1 Å². The highest BCUT2D eigenvalue weighted by Crippen LogP contribution is 2.50. The number of rotatable bonds is 2.